The van der Waals surface area contributed by atoms with E-state index in [1.165, 1.54) is 0 Å². The molecule has 1 aromatic rings. The van der Waals surface area contributed by atoms with E-state index in [0.717, 1.165) is 5.56 Å². The minimum atomic E-state index is -0.970. The molecular weight excluding hydrogens is 244 g/mol. The van der Waals surface area contributed by atoms with Gasteiger partial charge in [0.2, 0.25) is 0 Å². The van der Waals surface area contributed by atoms with E-state index in [2.05, 4.69) is 0 Å². The second-order valence-electron chi connectivity index (χ2n) is 5.02. The van der Waals surface area contributed by atoms with Crippen LogP contribution >= 0.6 is 0 Å². The maximum atomic E-state index is 11.9. The molecule has 0 bridgehead atoms. The fraction of sp³-hybridized carbons (Fsp3) is 0.467. The van der Waals surface area contributed by atoms with Crippen LogP contribution in [0, 0.1) is 11.8 Å². The highest BCUT2D eigenvalue weighted by Gasteiger charge is 2.24. The van der Waals surface area contributed by atoms with Gasteiger partial charge in [0.25, 0.3) is 0 Å². The highest BCUT2D eigenvalue weighted by Crippen LogP contribution is 2.18. The second kappa shape index (κ2) is 7.56. The van der Waals surface area contributed by atoms with Gasteiger partial charge in [0.05, 0.1) is 12.3 Å². The average molecular weight is 264 g/mol. The largest absolute Gasteiger partial charge is 0.481 e. The molecule has 0 aromatic heterocycles. The molecule has 0 spiro atoms. The van der Waals surface area contributed by atoms with Crippen molar-refractivity contribution in [3.05, 3.63) is 35.9 Å². The predicted octanol–water partition coefficient (Wildman–Crippen LogP) is 2.87. The van der Waals surface area contributed by atoms with E-state index in [1.54, 1.807) is 0 Å². The number of carboxylic acid groups (broad SMARTS) is 1. The molecule has 0 amide bonds. The first-order valence-electron chi connectivity index (χ1n) is 6.41. The van der Waals surface area contributed by atoms with Gasteiger partial charge in [-0.05, 0) is 17.9 Å². The van der Waals surface area contributed by atoms with Crippen molar-refractivity contribution < 1.29 is 19.4 Å². The molecule has 0 heterocycles. The highest BCUT2D eigenvalue weighted by atomic mass is 16.5. The Morgan fingerprint density at radius 1 is 1.21 bits per heavy atom. The van der Waals surface area contributed by atoms with E-state index in [-0.39, 0.29) is 18.9 Å². The summed E-state index contributed by atoms with van der Waals surface area (Å²) in [5, 5.41) is 8.82. The number of hydrogen-bond acceptors (Lipinski definition) is 3. The molecule has 1 atom stereocenters. The molecule has 0 radical (unpaired) electrons. The standard InChI is InChI=1S/C15H20O4/c1-11(2)8-13(9-14(16)17)15(18)19-10-12-6-4-3-5-7-12/h3-7,11,13H,8-10H2,1-2H3,(H,16,17)/t13-/m1/s1. The van der Waals surface area contributed by atoms with Crippen LogP contribution in [0.4, 0.5) is 0 Å². The Balaban J connectivity index is 2.54. The van der Waals surface area contributed by atoms with Crippen LogP contribution in [0.3, 0.4) is 0 Å². The number of hydrogen-bond donors (Lipinski definition) is 1. The molecular formula is C15H20O4. The van der Waals surface area contributed by atoms with Crippen LogP contribution < -0.4 is 0 Å². The normalized spacial score (nSPS) is 12.2. The van der Waals surface area contributed by atoms with Crippen molar-refractivity contribution in [1.82, 2.24) is 0 Å². The van der Waals surface area contributed by atoms with Gasteiger partial charge in [-0.15, -0.1) is 0 Å². The van der Waals surface area contributed by atoms with Crippen LogP contribution in [0.2, 0.25) is 0 Å². The number of aliphatic carboxylic acids is 1. The van der Waals surface area contributed by atoms with Crippen LogP contribution in [0.15, 0.2) is 30.3 Å². The molecule has 0 aliphatic carbocycles. The van der Waals surface area contributed by atoms with Crippen molar-refractivity contribution in [2.75, 3.05) is 0 Å². The van der Waals surface area contributed by atoms with Crippen molar-refractivity contribution in [1.29, 1.82) is 0 Å². The number of benzene rings is 1. The molecule has 0 fully saturated rings. The highest BCUT2D eigenvalue weighted by molar-refractivity contribution is 5.79. The zero-order chi connectivity index (χ0) is 14.3. The quantitative estimate of drug-likeness (QED) is 0.769. The van der Waals surface area contributed by atoms with Crippen molar-refractivity contribution >= 4 is 11.9 Å². The number of esters is 1. The first kappa shape index (κ1) is 15.2. The molecule has 4 nitrogen and oxygen atoms in total. The van der Waals surface area contributed by atoms with Crippen molar-refractivity contribution in [3.8, 4) is 0 Å². The monoisotopic (exact) mass is 264 g/mol. The maximum absolute atomic E-state index is 11.9. The summed E-state index contributed by atoms with van der Waals surface area (Å²) in [6.45, 7) is 4.10. The first-order valence-corrected chi connectivity index (χ1v) is 6.41. The topological polar surface area (TPSA) is 63.6 Å². The van der Waals surface area contributed by atoms with Gasteiger partial charge in [0, 0.05) is 0 Å². The summed E-state index contributed by atoms with van der Waals surface area (Å²) < 4.78 is 5.19. The summed E-state index contributed by atoms with van der Waals surface area (Å²) in [6.07, 6.45) is 0.353. The van der Waals surface area contributed by atoms with E-state index in [1.807, 2.05) is 44.2 Å². The Labute approximate surface area is 113 Å². The average Bonchev–Trinajstić information content (AvgIpc) is 2.35. The van der Waals surface area contributed by atoms with Crippen LogP contribution in [-0.2, 0) is 20.9 Å². The smallest absolute Gasteiger partial charge is 0.309 e. The summed E-state index contributed by atoms with van der Waals surface area (Å²) >= 11 is 0. The van der Waals surface area contributed by atoms with Crippen LogP contribution in [-0.4, -0.2) is 17.0 Å². The van der Waals surface area contributed by atoms with E-state index < -0.39 is 17.9 Å². The third-order valence-electron chi connectivity index (χ3n) is 2.73. The van der Waals surface area contributed by atoms with Crippen LogP contribution in [0.1, 0.15) is 32.3 Å². The van der Waals surface area contributed by atoms with Gasteiger partial charge in [0.1, 0.15) is 6.61 Å². The molecule has 4 heteroatoms. The fourth-order valence-electron chi connectivity index (χ4n) is 1.89. The summed E-state index contributed by atoms with van der Waals surface area (Å²) in [4.78, 5) is 22.7. The van der Waals surface area contributed by atoms with Crippen LogP contribution in [0.25, 0.3) is 0 Å². The Kier molecular flexibility index (Phi) is 6.06. The fourth-order valence-corrected chi connectivity index (χ4v) is 1.89. The van der Waals surface area contributed by atoms with Crippen molar-refractivity contribution in [2.45, 2.75) is 33.3 Å². The third kappa shape index (κ3) is 6.04. The third-order valence-corrected chi connectivity index (χ3v) is 2.73. The van der Waals surface area contributed by atoms with E-state index in [0.29, 0.717) is 6.42 Å². The lowest BCUT2D eigenvalue weighted by atomic mass is 9.94. The van der Waals surface area contributed by atoms with Gasteiger partial charge in [-0.3, -0.25) is 9.59 Å². The molecule has 0 aliphatic heterocycles. The van der Waals surface area contributed by atoms with E-state index >= 15 is 0 Å². The zero-order valence-corrected chi connectivity index (χ0v) is 11.3. The molecule has 1 rings (SSSR count). The summed E-state index contributed by atoms with van der Waals surface area (Å²) in [5.74, 6) is -1.71. The Morgan fingerprint density at radius 3 is 2.37 bits per heavy atom. The summed E-state index contributed by atoms with van der Waals surface area (Å²) in [5.41, 5.74) is 0.898. The number of carboxylic acids is 1. The van der Waals surface area contributed by atoms with Gasteiger partial charge in [-0.25, -0.2) is 0 Å². The lowest BCUT2D eigenvalue weighted by Crippen LogP contribution is -2.22. The predicted molar refractivity (Wildman–Crippen MR) is 71.4 cm³/mol. The summed E-state index contributed by atoms with van der Waals surface area (Å²) in [7, 11) is 0. The number of carbonyl (C=O) groups is 2. The van der Waals surface area contributed by atoms with Gasteiger partial charge in [-0.2, -0.15) is 0 Å². The lowest BCUT2D eigenvalue weighted by molar-refractivity contribution is -0.154. The second-order valence-corrected chi connectivity index (χ2v) is 5.02. The molecule has 1 aromatic carbocycles. The summed E-state index contributed by atoms with van der Waals surface area (Å²) in [6, 6.07) is 9.35. The van der Waals surface area contributed by atoms with Gasteiger partial charge in [0.15, 0.2) is 0 Å². The van der Waals surface area contributed by atoms with E-state index in [9.17, 15) is 9.59 Å². The van der Waals surface area contributed by atoms with Gasteiger partial charge >= 0.3 is 11.9 Å². The maximum Gasteiger partial charge on any atom is 0.309 e. The van der Waals surface area contributed by atoms with Crippen LogP contribution in [0.5, 0.6) is 0 Å². The Morgan fingerprint density at radius 2 is 1.84 bits per heavy atom. The van der Waals surface area contributed by atoms with E-state index in [4.69, 9.17) is 9.84 Å². The lowest BCUT2D eigenvalue weighted by Gasteiger charge is -2.16. The van der Waals surface area contributed by atoms with Crippen molar-refractivity contribution in [2.24, 2.45) is 11.8 Å². The molecule has 1 N–H and O–H groups in total. The number of rotatable bonds is 7. The molecule has 104 valence electrons. The van der Waals surface area contributed by atoms with Gasteiger partial charge < -0.3 is 9.84 Å². The molecule has 0 saturated heterocycles. The molecule has 0 unspecified atom stereocenters. The molecule has 0 saturated carbocycles. The Bertz CT molecular complexity index is 411. The first-order chi connectivity index (χ1) is 8.99. The molecule has 0 aliphatic rings. The number of carbonyl (C=O) groups excluding carboxylic acids is 1. The van der Waals surface area contributed by atoms with Crippen molar-refractivity contribution in [3.63, 3.8) is 0 Å². The van der Waals surface area contributed by atoms with Gasteiger partial charge in [-0.1, -0.05) is 44.2 Å². The Hall–Kier alpha value is -1.84. The molecule has 19 heavy (non-hydrogen) atoms. The minimum Gasteiger partial charge on any atom is -0.481 e. The SMILES string of the molecule is CC(C)C[C@H](CC(=O)O)C(=O)OCc1ccccc1. The number of ether oxygens (including phenoxy) is 1. The zero-order valence-electron chi connectivity index (χ0n) is 11.3. The minimum absolute atomic E-state index is 0.175.